The van der Waals surface area contributed by atoms with Crippen LogP contribution in [0.15, 0.2) is 47.3 Å². The number of rotatable bonds is 8. The van der Waals surface area contributed by atoms with Gasteiger partial charge in [-0.2, -0.15) is 8.78 Å². The van der Waals surface area contributed by atoms with Gasteiger partial charge >= 0.3 is 12.7 Å². The first kappa shape index (κ1) is 28.3. The molecule has 11 nitrogen and oxygen atoms in total. The van der Waals surface area contributed by atoms with E-state index in [1.165, 1.54) is 27.7 Å². The second kappa shape index (κ2) is 12.1. The van der Waals surface area contributed by atoms with Crippen molar-refractivity contribution in [2.45, 2.75) is 51.5 Å². The van der Waals surface area contributed by atoms with Crippen molar-refractivity contribution in [2.75, 3.05) is 30.4 Å². The Labute approximate surface area is 234 Å². The number of aromatic nitrogens is 2. The number of nitrogens with zero attached hydrogens (tertiary/aromatic N) is 3. The van der Waals surface area contributed by atoms with Crippen LogP contribution in [0.1, 0.15) is 26.2 Å². The molecule has 218 valence electrons. The number of ether oxygens (including phenoxy) is 3. The predicted octanol–water partition coefficient (Wildman–Crippen LogP) is 3.75. The summed E-state index contributed by atoms with van der Waals surface area (Å²) in [6.45, 7) is -0.243. The topological polar surface area (TPSA) is 124 Å². The highest BCUT2D eigenvalue weighted by Crippen LogP contribution is 2.30. The van der Waals surface area contributed by atoms with Crippen LogP contribution in [0, 0.1) is 5.92 Å². The van der Waals surface area contributed by atoms with Crippen LogP contribution in [-0.2, 0) is 16.1 Å². The second-order valence-corrected chi connectivity index (χ2v) is 10.2. The first-order chi connectivity index (χ1) is 19.7. The lowest BCUT2D eigenvalue weighted by atomic mass is 9.84. The number of carbonyl (C=O) groups excluding carboxylic acids is 2. The Morgan fingerprint density at radius 1 is 1.22 bits per heavy atom. The molecule has 1 aliphatic heterocycles. The van der Waals surface area contributed by atoms with Crippen LogP contribution in [-0.4, -0.2) is 60.5 Å². The zero-order valence-corrected chi connectivity index (χ0v) is 22.6. The van der Waals surface area contributed by atoms with Crippen LogP contribution in [0.5, 0.6) is 11.5 Å². The lowest BCUT2D eigenvalue weighted by molar-refractivity contribution is -0.118. The molecule has 3 heterocycles. The molecule has 1 aromatic carbocycles. The third-order valence-electron chi connectivity index (χ3n) is 7.41. The lowest BCUT2D eigenvalue weighted by Crippen LogP contribution is -2.44. The van der Waals surface area contributed by atoms with Gasteiger partial charge < -0.3 is 29.4 Å². The molecule has 3 aromatic rings. The van der Waals surface area contributed by atoms with E-state index in [1.807, 2.05) is 6.92 Å². The molecule has 1 fully saturated rings. The molecule has 0 bridgehead atoms. The molecule has 2 aromatic heterocycles. The maximum Gasteiger partial charge on any atom is 0.415 e. The molecule has 2 amide bonds. The van der Waals surface area contributed by atoms with E-state index in [4.69, 9.17) is 9.47 Å². The van der Waals surface area contributed by atoms with E-state index in [2.05, 4.69) is 20.4 Å². The first-order valence-corrected chi connectivity index (χ1v) is 13.4. The molecular weight excluding hydrogens is 540 g/mol. The van der Waals surface area contributed by atoms with Crippen LogP contribution < -0.4 is 30.6 Å². The summed E-state index contributed by atoms with van der Waals surface area (Å²) in [5.74, 6) is 0.787. The average molecular weight is 572 g/mol. The number of anilines is 2. The molecule has 1 saturated carbocycles. The maximum absolute atomic E-state index is 13.0. The minimum Gasteiger partial charge on any atom is -0.480 e. The normalized spacial score (nSPS) is 20.2. The monoisotopic (exact) mass is 571 g/mol. The number of halogens is 2. The van der Waals surface area contributed by atoms with Crippen molar-refractivity contribution in [1.29, 1.82) is 0 Å². The number of fused-ring (bicyclic) bond motifs is 2. The van der Waals surface area contributed by atoms with E-state index in [9.17, 15) is 23.2 Å². The highest BCUT2D eigenvalue weighted by atomic mass is 19.3. The zero-order valence-electron chi connectivity index (χ0n) is 22.6. The Balaban J connectivity index is 1.19. The Kier molecular flexibility index (Phi) is 8.34. The number of pyridine rings is 2. The highest BCUT2D eigenvalue weighted by molar-refractivity contribution is 5.95. The number of carbonyl (C=O) groups is 2. The third-order valence-corrected chi connectivity index (χ3v) is 7.41. The Morgan fingerprint density at radius 3 is 2.83 bits per heavy atom. The van der Waals surface area contributed by atoms with Gasteiger partial charge in [-0.25, -0.2) is 9.78 Å². The van der Waals surface area contributed by atoms with E-state index < -0.39 is 12.7 Å². The van der Waals surface area contributed by atoms with Gasteiger partial charge in [0.25, 0.3) is 11.5 Å². The zero-order chi connectivity index (χ0) is 29.1. The van der Waals surface area contributed by atoms with Gasteiger partial charge in [0.1, 0.15) is 17.7 Å². The standard InChI is InChI=1S/C28H31F2N5O6/c1-16-3-6-18(31-11-12-35-20-14-19(40-27(29)30)7-4-17(20)5-10-25(35)37)13-22(16)41-28(38)34(2)23-9-8-21-26(32-23)33-24(36)15-39-21/h4-5,7-10,14,16,18,22,27,31H,3,6,11-13,15H2,1-2H3,(H,32,33,36)/t16-,18-,22-/m0/s1. The Morgan fingerprint density at radius 2 is 2.02 bits per heavy atom. The molecule has 3 atom stereocenters. The molecule has 0 saturated heterocycles. The van der Waals surface area contributed by atoms with Crippen molar-refractivity contribution in [3.63, 3.8) is 0 Å². The third kappa shape index (κ3) is 6.56. The summed E-state index contributed by atoms with van der Waals surface area (Å²) in [5.41, 5.74) is 0.258. The van der Waals surface area contributed by atoms with Crippen molar-refractivity contribution in [3.8, 4) is 11.5 Å². The minimum absolute atomic E-state index is 0.0145. The lowest BCUT2D eigenvalue weighted by Gasteiger charge is -2.35. The quantitative estimate of drug-likeness (QED) is 0.419. The molecule has 0 unspecified atom stereocenters. The largest absolute Gasteiger partial charge is 0.480 e. The summed E-state index contributed by atoms with van der Waals surface area (Å²) in [6, 6.07) is 10.9. The van der Waals surface area contributed by atoms with E-state index in [1.54, 1.807) is 31.3 Å². The van der Waals surface area contributed by atoms with Gasteiger partial charge in [0.05, 0.1) is 5.52 Å². The van der Waals surface area contributed by atoms with E-state index >= 15 is 0 Å². The molecule has 41 heavy (non-hydrogen) atoms. The molecule has 2 aliphatic rings. The maximum atomic E-state index is 13.0. The SMILES string of the molecule is C[C@H]1CC[C@H](NCCn2c(=O)ccc3ccc(OC(F)F)cc32)C[C@@H]1OC(=O)N(C)c1ccc2c(n1)NC(=O)CO2. The molecule has 1 aliphatic carbocycles. The Hall–Kier alpha value is -4.26. The number of amides is 2. The summed E-state index contributed by atoms with van der Waals surface area (Å²) in [7, 11) is 1.55. The molecular formula is C28H31F2N5O6. The average Bonchev–Trinajstić information content (AvgIpc) is 2.94. The Bertz CT molecular complexity index is 1500. The summed E-state index contributed by atoms with van der Waals surface area (Å²) in [6.07, 6.45) is 1.38. The molecule has 13 heteroatoms. The van der Waals surface area contributed by atoms with Crippen molar-refractivity contribution < 1.29 is 32.6 Å². The number of hydrogen-bond acceptors (Lipinski definition) is 8. The van der Waals surface area contributed by atoms with Gasteiger partial charge in [0.15, 0.2) is 18.2 Å². The van der Waals surface area contributed by atoms with Gasteiger partial charge in [0, 0.05) is 44.7 Å². The fourth-order valence-electron chi connectivity index (χ4n) is 5.13. The predicted molar refractivity (Wildman–Crippen MR) is 147 cm³/mol. The number of hydrogen-bond donors (Lipinski definition) is 2. The van der Waals surface area contributed by atoms with Gasteiger partial charge in [-0.15, -0.1) is 0 Å². The number of alkyl halides is 2. The summed E-state index contributed by atoms with van der Waals surface area (Å²) in [5, 5.41) is 6.81. The van der Waals surface area contributed by atoms with Crippen molar-refractivity contribution in [1.82, 2.24) is 14.9 Å². The van der Waals surface area contributed by atoms with Crippen LogP contribution in [0.3, 0.4) is 0 Å². The number of benzene rings is 1. The van der Waals surface area contributed by atoms with Crippen molar-refractivity contribution in [3.05, 3.63) is 52.8 Å². The van der Waals surface area contributed by atoms with Gasteiger partial charge in [-0.1, -0.05) is 6.92 Å². The fraction of sp³-hybridized carbons (Fsp3) is 0.429. The van der Waals surface area contributed by atoms with E-state index in [0.717, 1.165) is 18.2 Å². The van der Waals surface area contributed by atoms with E-state index in [-0.39, 0.29) is 47.7 Å². The molecule has 0 spiro atoms. The van der Waals surface area contributed by atoms with Crippen LogP contribution in [0.25, 0.3) is 10.9 Å². The van der Waals surface area contributed by atoms with Gasteiger partial charge in [-0.3, -0.25) is 14.5 Å². The summed E-state index contributed by atoms with van der Waals surface area (Å²) >= 11 is 0. The molecule has 2 N–H and O–H groups in total. The van der Waals surface area contributed by atoms with Crippen LogP contribution in [0.2, 0.25) is 0 Å². The minimum atomic E-state index is -2.96. The summed E-state index contributed by atoms with van der Waals surface area (Å²) < 4.78 is 42.6. The van der Waals surface area contributed by atoms with Crippen molar-refractivity contribution in [2.24, 2.45) is 5.92 Å². The first-order valence-electron chi connectivity index (χ1n) is 13.4. The summed E-state index contributed by atoms with van der Waals surface area (Å²) in [4.78, 5) is 42.8. The van der Waals surface area contributed by atoms with E-state index in [0.29, 0.717) is 36.6 Å². The highest BCUT2D eigenvalue weighted by Gasteiger charge is 2.32. The van der Waals surface area contributed by atoms with Crippen molar-refractivity contribution >= 4 is 34.5 Å². The molecule has 5 rings (SSSR count). The smallest absolute Gasteiger partial charge is 0.415 e. The second-order valence-electron chi connectivity index (χ2n) is 10.2. The van der Waals surface area contributed by atoms with Gasteiger partial charge in [-0.05, 0) is 54.5 Å². The molecule has 0 radical (unpaired) electrons. The fourth-order valence-corrected chi connectivity index (χ4v) is 5.13. The number of nitrogens with one attached hydrogen (secondary N) is 2. The van der Waals surface area contributed by atoms with Crippen LogP contribution in [0.4, 0.5) is 25.2 Å². The van der Waals surface area contributed by atoms with Crippen LogP contribution >= 0.6 is 0 Å². The van der Waals surface area contributed by atoms with Gasteiger partial charge in [0.2, 0.25) is 0 Å².